The number of ether oxygens (including phenoxy) is 1. The predicted molar refractivity (Wildman–Crippen MR) is 99.5 cm³/mol. The smallest absolute Gasteiger partial charge is 0.341 e. The van der Waals surface area contributed by atoms with Crippen LogP contribution in [-0.2, 0) is 11.2 Å². The number of hydrogen-bond acceptors (Lipinski definition) is 3. The number of aliphatic hydroxyl groups is 1. The highest BCUT2D eigenvalue weighted by Gasteiger charge is 2.19. The lowest BCUT2D eigenvalue weighted by Gasteiger charge is -2.14. The molecule has 0 aliphatic heterocycles. The van der Waals surface area contributed by atoms with Crippen LogP contribution in [0.1, 0.15) is 12.0 Å². The van der Waals surface area contributed by atoms with Crippen molar-refractivity contribution in [3.05, 3.63) is 90.5 Å². The molecular formula is C22H20O3. The van der Waals surface area contributed by atoms with E-state index in [2.05, 4.69) is 6.58 Å². The molecule has 0 saturated heterocycles. The van der Waals surface area contributed by atoms with Crippen molar-refractivity contribution in [3.8, 4) is 5.75 Å². The lowest BCUT2D eigenvalue weighted by atomic mass is 10.0. The molecule has 3 heteroatoms. The zero-order chi connectivity index (χ0) is 17.6. The molecule has 0 saturated carbocycles. The average Bonchev–Trinajstić information content (AvgIpc) is 2.66. The van der Waals surface area contributed by atoms with E-state index < -0.39 is 12.1 Å². The van der Waals surface area contributed by atoms with Gasteiger partial charge in [-0.05, 0) is 29.9 Å². The molecule has 3 aromatic carbocycles. The van der Waals surface area contributed by atoms with E-state index in [1.54, 1.807) is 6.07 Å². The van der Waals surface area contributed by atoms with Crippen LogP contribution in [0.4, 0.5) is 0 Å². The summed E-state index contributed by atoms with van der Waals surface area (Å²) in [4.78, 5) is 12.3. The van der Waals surface area contributed by atoms with Crippen molar-refractivity contribution in [1.29, 1.82) is 0 Å². The topological polar surface area (TPSA) is 46.5 Å². The van der Waals surface area contributed by atoms with E-state index in [-0.39, 0.29) is 5.57 Å². The van der Waals surface area contributed by atoms with Gasteiger partial charge in [-0.1, -0.05) is 73.3 Å². The van der Waals surface area contributed by atoms with Crippen molar-refractivity contribution in [2.45, 2.75) is 18.9 Å². The summed E-state index contributed by atoms with van der Waals surface area (Å²) in [5.41, 5.74) is 1.18. The molecule has 0 aliphatic carbocycles. The molecule has 0 amide bonds. The minimum absolute atomic E-state index is 0.0730. The molecular weight excluding hydrogens is 312 g/mol. The summed E-state index contributed by atoms with van der Waals surface area (Å²) in [6.07, 6.45) is 0.165. The number of rotatable bonds is 6. The van der Waals surface area contributed by atoms with Crippen LogP contribution in [0.15, 0.2) is 84.9 Å². The number of carbonyl (C=O) groups is 1. The molecule has 126 valence electrons. The first-order valence-electron chi connectivity index (χ1n) is 8.26. The molecule has 3 nitrogen and oxygen atoms in total. The van der Waals surface area contributed by atoms with Crippen LogP contribution in [0.2, 0.25) is 0 Å². The van der Waals surface area contributed by atoms with Crippen LogP contribution >= 0.6 is 0 Å². The molecule has 1 atom stereocenters. The number of benzene rings is 3. The highest BCUT2D eigenvalue weighted by molar-refractivity contribution is 5.95. The number of esters is 1. The number of hydrogen-bond donors (Lipinski definition) is 1. The number of aliphatic hydroxyl groups excluding tert-OH is 1. The first-order valence-corrected chi connectivity index (χ1v) is 8.26. The van der Waals surface area contributed by atoms with Gasteiger partial charge in [-0.3, -0.25) is 0 Å². The monoisotopic (exact) mass is 332 g/mol. The Bertz CT molecular complexity index is 879. The minimum Gasteiger partial charge on any atom is -0.422 e. The summed E-state index contributed by atoms with van der Waals surface area (Å²) in [7, 11) is 0. The third kappa shape index (κ3) is 4.14. The summed E-state index contributed by atoms with van der Waals surface area (Å²) in [5.74, 6) is -0.128. The van der Waals surface area contributed by atoms with E-state index in [0.29, 0.717) is 18.6 Å². The Morgan fingerprint density at radius 1 is 0.960 bits per heavy atom. The summed E-state index contributed by atoms with van der Waals surface area (Å²) in [6.45, 7) is 3.72. The maximum atomic E-state index is 12.3. The minimum atomic E-state index is -0.928. The second kappa shape index (κ2) is 7.77. The Labute approximate surface area is 147 Å². The Morgan fingerprint density at radius 2 is 1.64 bits per heavy atom. The highest BCUT2D eigenvalue weighted by Crippen LogP contribution is 2.26. The van der Waals surface area contributed by atoms with Crippen molar-refractivity contribution < 1.29 is 14.6 Å². The first kappa shape index (κ1) is 16.9. The molecule has 3 aromatic rings. The van der Waals surface area contributed by atoms with Crippen molar-refractivity contribution in [3.63, 3.8) is 0 Å². The molecule has 0 radical (unpaired) electrons. The molecule has 0 unspecified atom stereocenters. The van der Waals surface area contributed by atoms with E-state index >= 15 is 0 Å². The molecule has 0 aromatic heterocycles. The fraction of sp³-hybridized carbons (Fsp3) is 0.136. The van der Waals surface area contributed by atoms with Gasteiger partial charge < -0.3 is 9.84 Å². The largest absolute Gasteiger partial charge is 0.422 e. The maximum absolute atomic E-state index is 12.3. The Hall–Kier alpha value is -2.91. The molecule has 0 spiro atoms. The fourth-order valence-electron chi connectivity index (χ4n) is 2.71. The fourth-order valence-corrected chi connectivity index (χ4v) is 2.71. The van der Waals surface area contributed by atoms with Gasteiger partial charge in [-0.2, -0.15) is 0 Å². The second-order valence-corrected chi connectivity index (χ2v) is 5.93. The van der Waals surface area contributed by atoms with Crippen LogP contribution in [0.3, 0.4) is 0 Å². The van der Waals surface area contributed by atoms with E-state index in [0.717, 1.165) is 16.3 Å². The third-order valence-corrected chi connectivity index (χ3v) is 4.17. The van der Waals surface area contributed by atoms with Crippen LogP contribution in [0.25, 0.3) is 10.8 Å². The van der Waals surface area contributed by atoms with Crippen molar-refractivity contribution in [2.75, 3.05) is 0 Å². The lowest BCUT2D eigenvalue weighted by Crippen LogP contribution is -2.22. The number of aryl methyl sites for hydroxylation is 1. The van der Waals surface area contributed by atoms with Gasteiger partial charge in [0.25, 0.3) is 0 Å². The number of fused-ring (bicyclic) bond motifs is 1. The highest BCUT2D eigenvalue weighted by atomic mass is 16.5. The van der Waals surface area contributed by atoms with E-state index in [4.69, 9.17) is 4.74 Å². The van der Waals surface area contributed by atoms with Gasteiger partial charge in [0.1, 0.15) is 5.75 Å². The van der Waals surface area contributed by atoms with Gasteiger partial charge in [0.2, 0.25) is 0 Å². The summed E-state index contributed by atoms with van der Waals surface area (Å²) in [5, 5.41) is 12.1. The summed E-state index contributed by atoms with van der Waals surface area (Å²) >= 11 is 0. The summed E-state index contributed by atoms with van der Waals surface area (Å²) < 4.78 is 5.46. The second-order valence-electron chi connectivity index (χ2n) is 5.93. The zero-order valence-electron chi connectivity index (χ0n) is 13.9. The quantitative estimate of drug-likeness (QED) is 0.416. The number of carbonyl (C=O) groups excluding carboxylic acids is 1. The van der Waals surface area contributed by atoms with Crippen LogP contribution in [-0.4, -0.2) is 17.2 Å². The summed E-state index contributed by atoms with van der Waals surface area (Å²) in [6, 6.07) is 23.0. The first-order chi connectivity index (χ1) is 12.1. The third-order valence-electron chi connectivity index (χ3n) is 4.17. The lowest BCUT2D eigenvalue weighted by molar-refractivity contribution is -0.131. The van der Waals surface area contributed by atoms with Gasteiger partial charge in [0.05, 0.1) is 11.7 Å². The molecule has 0 bridgehead atoms. The van der Waals surface area contributed by atoms with Crippen LogP contribution in [0, 0.1) is 0 Å². The molecule has 25 heavy (non-hydrogen) atoms. The predicted octanol–water partition coefficient (Wildman–Crippen LogP) is 4.30. The van der Waals surface area contributed by atoms with E-state index in [1.165, 1.54) is 0 Å². The van der Waals surface area contributed by atoms with Crippen LogP contribution in [0.5, 0.6) is 5.75 Å². The van der Waals surface area contributed by atoms with Crippen LogP contribution < -0.4 is 4.74 Å². The Balaban J connectivity index is 1.64. The van der Waals surface area contributed by atoms with Gasteiger partial charge in [0, 0.05) is 5.39 Å². The van der Waals surface area contributed by atoms with Crippen molar-refractivity contribution in [2.24, 2.45) is 0 Å². The zero-order valence-corrected chi connectivity index (χ0v) is 13.9. The normalized spacial score (nSPS) is 11.9. The van der Waals surface area contributed by atoms with E-state index in [1.807, 2.05) is 66.7 Å². The standard InChI is InChI=1S/C22H20O3/c1-16(20(23)15-14-17-8-3-2-4-9-17)22(24)25-21-13-7-11-18-10-5-6-12-19(18)21/h2-13,20,23H,1,14-15H2/t20-/m1/s1. The van der Waals surface area contributed by atoms with Crippen molar-refractivity contribution in [1.82, 2.24) is 0 Å². The van der Waals surface area contributed by atoms with Gasteiger partial charge in [0.15, 0.2) is 0 Å². The van der Waals surface area contributed by atoms with Gasteiger partial charge in [-0.25, -0.2) is 4.79 Å². The van der Waals surface area contributed by atoms with Crippen molar-refractivity contribution >= 4 is 16.7 Å². The SMILES string of the molecule is C=C(C(=O)Oc1cccc2ccccc12)[C@H](O)CCc1ccccc1. The van der Waals surface area contributed by atoms with Gasteiger partial charge >= 0.3 is 5.97 Å². The Kier molecular flexibility index (Phi) is 5.26. The average molecular weight is 332 g/mol. The molecule has 1 N–H and O–H groups in total. The molecule has 0 aliphatic rings. The molecule has 3 rings (SSSR count). The van der Waals surface area contributed by atoms with Gasteiger partial charge in [-0.15, -0.1) is 0 Å². The molecule has 0 fully saturated rings. The Morgan fingerprint density at radius 3 is 2.44 bits per heavy atom. The maximum Gasteiger partial charge on any atom is 0.341 e. The van der Waals surface area contributed by atoms with E-state index in [9.17, 15) is 9.90 Å². The molecule has 0 heterocycles.